The number of hydrogen-bond acceptors (Lipinski definition) is 6. The van der Waals surface area contributed by atoms with Gasteiger partial charge < -0.3 is 14.9 Å². The number of nitrogens with one attached hydrogen (secondary N) is 1. The summed E-state index contributed by atoms with van der Waals surface area (Å²) in [5.74, 6) is -2.24. The summed E-state index contributed by atoms with van der Waals surface area (Å²) >= 11 is 12.8. The Hall–Kier alpha value is -3.27. The molecule has 0 atom stereocenters. The van der Waals surface area contributed by atoms with E-state index >= 15 is 0 Å². The number of carbonyl (C=O) groups is 1. The number of rotatable bonds is 6. The van der Waals surface area contributed by atoms with Crippen molar-refractivity contribution in [3.05, 3.63) is 97.4 Å². The van der Waals surface area contributed by atoms with Gasteiger partial charge in [0, 0.05) is 29.5 Å². The van der Waals surface area contributed by atoms with Crippen molar-refractivity contribution in [1.82, 2.24) is 9.88 Å². The van der Waals surface area contributed by atoms with Gasteiger partial charge in [-0.3, -0.25) is 9.36 Å². The van der Waals surface area contributed by atoms with E-state index in [0.29, 0.717) is 18.4 Å². The fourth-order valence-corrected chi connectivity index (χ4v) is 4.47. The van der Waals surface area contributed by atoms with Gasteiger partial charge in [0.05, 0.1) is 28.4 Å². The number of esters is 1. The van der Waals surface area contributed by atoms with Gasteiger partial charge in [-0.25, -0.2) is 13.6 Å². The lowest BCUT2D eigenvalue weighted by molar-refractivity contribution is 0.0378. The van der Waals surface area contributed by atoms with Crippen molar-refractivity contribution in [1.29, 1.82) is 0 Å². The third kappa shape index (κ3) is 5.59. The molecule has 188 valence electrons. The first-order chi connectivity index (χ1) is 17.3. The van der Waals surface area contributed by atoms with E-state index in [1.165, 1.54) is 43.6 Å². The largest absolute Gasteiger partial charge is 0.465 e. The number of hydrogen-bond donors (Lipinski definition) is 1. The molecule has 1 N–H and O–H groups in total. The second kappa shape index (κ2) is 11.2. The number of methoxy groups -OCH3 is 1. The predicted octanol–water partition coefficient (Wildman–Crippen LogP) is 4.73. The summed E-state index contributed by atoms with van der Waals surface area (Å²) in [5, 5.41) is 7.46. The molecule has 0 bridgehead atoms. The summed E-state index contributed by atoms with van der Waals surface area (Å²) in [6.45, 7) is 1.51. The van der Waals surface area contributed by atoms with Crippen LogP contribution in [0.2, 0.25) is 10.0 Å². The molecule has 11 heteroatoms. The minimum atomic E-state index is -0.848. The van der Waals surface area contributed by atoms with E-state index in [0.717, 1.165) is 29.8 Å². The molecule has 1 saturated heterocycles. The van der Waals surface area contributed by atoms with Crippen molar-refractivity contribution < 1.29 is 23.1 Å². The highest BCUT2D eigenvalue weighted by atomic mass is 35.5. The van der Waals surface area contributed by atoms with Gasteiger partial charge in [-0.05, 0) is 56.3 Å². The second-order valence-corrected chi connectivity index (χ2v) is 8.84. The molecule has 0 radical (unpaired) electrons. The molecule has 1 aromatic heterocycles. The normalized spacial score (nSPS) is 14.5. The Balaban J connectivity index is 1.83. The molecule has 1 aliphatic heterocycles. The fourth-order valence-electron chi connectivity index (χ4n) is 3.80. The summed E-state index contributed by atoms with van der Waals surface area (Å²) in [6.07, 6.45) is 2.60. The van der Waals surface area contributed by atoms with E-state index in [4.69, 9.17) is 32.8 Å². The van der Waals surface area contributed by atoms with Gasteiger partial charge in [0.1, 0.15) is 23.5 Å². The molecule has 4 rings (SSSR count). The first kappa shape index (κ1) is 25.8. The van der Waals surface area contributed by atoms with Gasteiger partial charge >= 0.3 is 5.97 Å². The van der Waals surface area contributed by atoms with Crippen molar-refractivity contribution >= 4 is 34.9 Å². The SMILES string of the molecule is COC(=O)c1cc(Cl)c(-n2cc(/C(=N/OC3CCNCC3)c3ccc(F)cc3F)ccc2=O)c(Cl)c1. The zero-order valence-electron chi connectivity index (χ0n) is 19.1. The molecule has 2 aromatic carbocycles. The van der Waals surface area contributed by atoms with Crippen molar-refractivity contribution in [3.8, 4) is 5.69 Å². The van der Waals surface area contributed by atoms with Gasteiger partial charge in [0.2, 0.25) is 0 Å². The van der Waals surface area contributed by atoms with E-state index < -0.39 is 23.2 Å². The Kier molecular flexibility index (Phi) is 8.03. The minimum absolute atomic E-state index is 0.0135. The molecule has 1 fully saturated rings. The standard InChI is InChI=1S/C25H21Cl2F2N3O4/c1-35-25(34)15-10-19(26)24(20(27)11-15)32-13-14(2-5-22(32)33)23(18-4-3-16(28)12-21(18)29)31-36-17-6-8-30-9-7-17/h2-5,10-13,17,30H,6-9H2,1H3/b31-23-. The van der Waals surface area contributed by atoms with Crippen LogP contribution in [0.15, 0.2) is 58.6 Å². The number of aromatic nitrogens is 1. The van der Waals surface area contributed by atoms with Crippen LogP contribution in [0, 0.1) is 11.6 Å². The first-order valence-electron chi connectivity index (χ1n) is 11.0. The monoisotopic (exact) mass is 535 g/mol. The molecule has 0 saturated carbocycles. The summed E-state index contributed by atoms with van der Waals surface area (Å²) in [6, 6.07) is 8.41. The van der Waals surface area contributed by atoms with Gasteiger partial charge in [-0.2, -0.15) is 0 Å². The highest BCUT2D eigenvalue weighted by Crippen LogP contribution is 2.30. The van der Waals surface area contributed by atoms with E-state index in [9.17, 15) is 18.4 Å². The number of nitrogens with zero attached hydrogens (tertiary/aromatic N) is 2. The average molecular weight is 536 g/mol. The van der Waals surface area contributed by atoms with Gasteiger partial charge in [0.15, 0.2) is 0 Å². The van der Waals surface area contributed by atoms with Crippen LogP contribution in [0.4, 0.5) is 8.78 Å². The molecule has 36 heavy (non-hydrogen) atoms. The second-order valence-electron chi connectivity index (χ2n) is 8.02. The number of carbonyl (C=O) groups excluding carboxylic acids is 1. The lowest BCUT2D eigenvalue weighted by atomic mass is 10.0. The zero-order valence-corrected chi connectivity index (χ0v) is 20.6. The Morgan fingerprint density at radius 1 is 1.06 bits per heavy atom. The molecular weight excluding hydrogens is 515 g/mol. The van der Waals surface area contributed by atoms with Crippen LogP contribution in [0.25, 0.3) is 5.69 Å². The highest BCUT2D eigenvalue weighted by Gasteiger charge is 2.21. The molecular formula is C25H21Cl2F2N3O4. The molecule has 2 heterocycles. The molecule has 7 nitrogen and oxygen atoms in total. The van der Waals surface area contributed by atoms with E-state index in [1.807, 2.05) is 0 Å². The lowest BCUT2D eigenvalue weighted by Gasteiger charge is -2.21. The number of pyridine rings is 1. The maximum absolute atomic E-state index is 14.8. The number of ether oxygens (including phenoxy) is 1. The maximum Gasteiger partial charge on any atom is 0.337 e. The molecule has 0 amide bonds. The molecule has 0 aliphatic carbocycles. The lowest BCUT2D eigenvalue weighted by Crippen LogP contribution is -2.31. The number of benzene rings is 2. The summed E-state index contributed by atoms with van der Waals surface area (Å²) in [4.78, 5) is 30.4. The smallest absolute Gasteiger partial charge is 0.337 e. The number of halogens is 4. The molecule has 3 aromatic rings. The van der Waals surface area contributed by atoms with E-state index in [-0.39, 0.29) is 38.7 Å². The van der Waals surface area contributed by atoms with Crippen LogP contribution in [0.3, 0.4) is 0 Å². The van der Waals surface area contributed by atoms with Crippen molar-refractivity contribution in [2.75, 3.05) is 20.2 Å². The van der Waals surface area contributed by atoms with Crippen LogP contribution in [0.1, 0.15) is 34.3 Å². The van der Waals surface area contributed by atoms with Crippen molar-refractivity contribution in [3.63, 3.8) is 0 Å². The van der Waals surface area contributed by atoms with Crippen LogP contribution in [-0.4, -0.2) is 42.6 Å². The van der Waals surface area contributed by atoms with Gasteiger partial charge in [-0.15, -0.1) is 0 Å². The van der Waals surface area contributed by atoms with Crippen LogP contribution >= 0.6 is 23.2 Å². The third-order valence-electron chi connectivity index (χ3n) is 5.63. The van der Waals surface area contributed by atoms with Crippen molar-refractivity contribution in [2.45, 2.75) is 18.9 Å². The Morgan fingerprint density at radius 3 is 2.39 bits per heavy atom. The molecule has 0 spiro atoms. The summed E-state index contributed by atoms with van der Waals surface area (Å²) in [5.41, 5.74) is 0.0410. The topological polar surface area (TPSA) is 81.9 Å². The molecule has 0 unspecified atom stereocenters. The Labute approximate surface area is 215 Å². The first-order valence-corrected chi connectivity index (χ1v) is 11.7. The van der Waals surface area contributed by atoms with Crippen LogP contribution in [0.5, 0.6) is 0 Å². The van der Waals surface area contributed by atoms with Gasteiger partial charge in [0.25, 0.3) is 5.56 Å². The fraction of sp³-hybridized carbons (Fsp3) is 0.240. The van der Waals surface area contributed by atoms with Gasteiger partial charge in [-0.1, -0.05) is 28.4 Å². The number of oxime groups is 1. The predicted molar refractivity (Wildman–Crippen MR) is 132 cm³/mol. The average Bonchev–Trinajstić information content (AvgIpc) is 2.86. The summed E-state index contributed by atoms with van der Waals surface area (Å²) in [7, 11) is 1.22. The number of piperidine rings is 1. The van der Waals surface area contributed by atoms with E-state index in [2.05, 4.69) is 10.5 Å². The molecule has 1 aliphatic rings. The Morgan fingerprint density at radius 2 is 1.75 bits per heavy atom. The highest BCUT2D eigenvalue weighted by molar-refractivity contribution is 6.38. The van der Waals surface area contributed by atoms with E-state index in [1.54, 1.807) is 0 Å². The zero-order chi connectivity index (χ0) is 25.8. The minimum Gasteiger partial charge on any atom is -0.465 e. The van der Waals surface area contributed by atoms with Crippen LogP contribution in [-0.2, 0) is 9.57 Å². The van der Waals surface area contributed by atoms with Crippen molar-refractivity contribution in [2.24, 2.45) is 5.16 Å². The summed E-state index contributed by atoms with van der Waals surface area (Å²) < 4.78 is 34.2. The Bertz CT molecular complexity index is 1360. The van der Waals surface area contributed by atoms with Crippen LogP contribution < -0.4 is 10.9 Å². The quantitative estimate of drug-likeness (QED) is 0.280. The maximum atomic E-state index is 14.8. The third-order valence-corrected chi connectivity index (χ3v) is 6.21.